The van der Waals surface area contributed by atoms with E-state index in [-0.39, 0.29) is 10.6 Å². The van der Waals surface area contributed by atoms with Gasteiger partial charge in [-0.25, -0.2) is 9.67 Å². The molecule has 1 aromatic heterocycles. The summed E-state index contributed by atoms with van der Waals surface area (Å²) in [6, 6.07) is 12.9. The van der Waals surface area contributed by atoms with Crippen LogP contribution in [0.4, 0.5) is 11.4 Å². The van der Waals surface area contributed by atoms with Crippen LogP contribution in [0.15, 0.2) is 69.6 Å². The second-order valence-corrected chi connectivity index (χ2v) is 10.8. The van der Waals surface area contributed by atoms with E-state index in [0.29, 0.717) is 11.3 Å². The van der Waals surface area contributed by atoms with Crippen LogP contribution in [0.1, 0.15) is 37.8 Å². The Labute approximate surface area is 203 Å². The summed E-state index contributed by atoms with van der Waals surface area (Å²) < 4.78 is 1.82. The zero-order chi connectivity index (χ0) is 24.0. The molecule has 3 aromatic rings. The summed E-state index contributed by atoms with van der Waals surface area (Å²) in [7, 11) is 0. The van der Waals surface area contributed by atoms with Crippen LogP contribution in [0.3, 0.4) is 0 Å². The lowest BCUT2D eigenvalue weighted by Gasteiger charge is -2.55. The quantitative estimate of drug-likeness (QED) is 0.233. The number of aromatic nitrogens is 1. The third-order valence-corrected chi connectivity index (χ3v) is 8.27. The molecule has 34 heavy (non-hydrogen) atoms. The van der Waals surface area contributed by atoms with Gasteiger partial charge in [-0.2, -0.15) is 5.10 Å². The molecular formula is C27H28N4O2S. The largest absolute Gasteiger partial charge is 0.270 e. The maximum atomic E-state index is 11.4. The van der Waals surface area contributed by atoms with Crippen molar-refractivity contribution in [2.75, 3.05) is 0 Å². The van der Waals surface area contributed by atoms with Crippen LogP contribution < -0.4 is 4.80 Å². The predicted octanol–water partition coefficient (Wildman–Crippen LogP) is 6.80. The Kier molecular flexibility index (Phi) is 5.60. The van der Waals surface area contributed by atoms with Gasteiger partial charge in [-0.15, -0.1) is 11.3 Å². The predicted molar refractivity (Wildman–Crippen MR) is 138 cm³/mol. The van der Waals surface area contributed by atoms with Crippen molar-refractivity contribution in [1.82, 2.24) is 4.68 Å². The summed E-state index contributed by atoms with van der Waals surface area (Å²) in [6.45, 7) is 8.79. The van der Waals surface area contributed by atoms with Gasteiger partial charge < -0.3 is 0 Å². The number of benzene rings is 2. The normalized spacial score (nSPS) is 21.4. The molecule has 0 radical (unpaired) electrons. The number of fused-ring (bicyclic) bond motifs is 1. The van der Waals surface area contributed by atoms with Crippen molar-refractivity contribution in [3.8, 4) is 11.3 Å². The van der Waals surface area contributed by atoms with Crippen molar-refractivity contribution in [1.29, 1.82) is 0 Å². The van der Waals surface area contributed by atoms with Crippen LogP contribution in [-0.4, -0.2) is 15.8 Å². The van der Waals surface area contributed by atoms with Gasteiger partial charge in [0.2, 0.25) is 4.80 Å². The summed E-state index contributed by atoms with van der Waals surface area (Å²) in [4.78, 5) is 16.7. The first-order valence-corrected chi connectivity index (χ1v) is 12.4. The molecule has 0 saturated heterocycles. The molecule has 3 aliphatic carbocycles. The third-order valence-electron chi connectivity index (χ3n) is 7.45. The fourth-order valence-electron chi connectivity index (χ4n) is 5.08. The lowest BCUT2D eigenvalue weighted by molar-refractivity contribution is -0.384. The van der Waals surface area contributed by atoms with Crippen LogP contribution >= 0.6 is 11.3 Å². The minimum atomic E-state index is -0.368. The van der Waals surface area contributed by atoms with Gasteiger partial charge in [0.1, 0.15) is 0 Å². The first-order valence-electron chi connectivity index (χ1n) is 11.6. The van der Waals surface area contributed by atoms with Gasteiger partial charge in [-0.1, -0.05) is 44.2 Å². The highest BCUT2D eigenvalue weighted by atomic mass is 32.1. The monoisotopic (exact) mass is 472 g/mol. The Bertz CT molecular complexity index is 1410. The zero-order valence-electron chi connectivity index (χ0n) is 19.9. The second kappa shape index (κ2) is 8.47. The van der Waals surface area contributed by atoms with E-state index in [1.54, 1.807) is 12.1 Å². The minimum Gasteiger partial charge on any atom is -0.258 e. The average Bonchev–Trinajstić information content (AvgIpc) is 3.22. The Hall–Kier alpha value is -3.32. The smallest absolute Gasteiger partial charge is 0.258 e. The Morgan fingerprint density at radius 3 is 2.76 bits per heavy atom. The molecule has 0 spiro atoms. The molecule has 2 aromatic carbocycles. The Balaban J connectivity index is 1.63. The number of nitro groups is 1. The highest BCUT2D eigenvalue weighted by Crippen LogP contribution is 2.58. The number of thiazole rings is 1. The molecule has 6 rings (SSSR count). The van der Waals surface area contributed by atoms with Crippen LogP contribution in [0.2, 0.25) is 0 Å². The maximum absolute atomic E-state index is 11.4. The summed E-state index contributed by atoms with van der Waals surface area (Å²) in [5.74, 6) is 1.29. The number of aryl methyl sites for hydroxylation is 2. The van der Waals surface area contributed by atoms with Gasteiger partial charge in [0.05, 0.1) is 22.5 Å². The molecule has 1 saturated carbocycles. The number of allylic oxidation sites excluding steroid dienone is 2. The second-order valence-electron chi connectivity index (χ2n) is 9.92. The van der Waals surface area contributed by atoms with Crippen molar-refractivity contribution in [3.05, 3.63) is 85.5 Å². The van der Waals surface area contributed by atoms with Gasteiger partial charge in [-0.05, 0) is 66.7 Å². The fraction of sp³-hybridized carbons (Fsp3) is 0.333. The van der Waals surface area contributed by atoms with Crippen molar-refractivity contribution >= 4 is 28.9 Å². The van der Waals surface area contributed by atoms with Crippen molar-refractivity contribution in [2.45, 2.75) is 40.5 Å². The molecule has 0 amide bonds. The van der Waals surface area contributed by atoms with E-state index in [1.807, 2.05) is 29.3 Å². The SMILES string of the molecule is Cc1ccc(C)c(N=c2scc(-c3cccc([N+](=O)[O-])c3)n2N=CC2=CCC3CC2C3(C)C)c1. The average molecular weight is 473 g/mol. The van der Waals surface area contributed by atoms with Crippen molar-refractivity contribution in [2.24, 2.45) is 27.3 Å². The molecule has 7 heteroatoms. The van der Waals surface area contributed by atoms with Crippen molar-refractivity contribution in [3.63, 3.8) is 0 Å². The number of hydrogen-bond donors (Lipinski definition) is 0. The molecule has 174 valence electrons. The van der Waals surface area contributed by atoms with Gasteiger partial charge in [0, 0.05) is 23.1 Å². The number of rotatable bonds is 5. The molecule has 0 N–H and O–H groups in total. The number of nitro benzene ring substituents is 1. The topological polar surface area (TPSA) is 72.8 Å². The van der Waals surface area contributed by atoms with Gasteiger partial charge in [0.15, 0.2) is 0 Å². The molecule has 0 aliphatic heterocycles. The molecule has 2 bridgehead atoms. The highest BCUT2D eigenvalue weighted by molar-refractivity contribution is 7.07. The molecule has 2 atom stereocenters. The Morgan fingerprint density at radius 2 is 2.03 bits per heavy atom. The minimum absolute atomic E-state index is 0.0597. The number of nitrogens with zero attached hydrogens (tertiary/aromatic N) is 4. The molecule has 1 heterocycles. The summed E-state index contributed by atoms with van der Waals surface area (Å²) in [5, 5.41) is 18.2. The van der Waals surface area contributed by atoms with E-state index in [9.17, 15) is 10.1 Å². The Morgan fingerprint density at radius 1 is 1.21 bits per heavy atom. The van der Waals surface area contributed by atoms with E-state index >= 15 is 0 Å². The number of non-ortho nitro benzene ring substituents is 1. The lowest BCUT2D eigenvalue weighted by Crippen LogP contribution is -2.48. The standard InChI is InChI=1S/C27H28N4O2S/c1-17-8-9-18(2)24(12-17)29-26-30(28-15-20-10-11-21-14-23(20)27(21,3)4)25(16-34-26)19-6-5-7-22(13-19)31(32)33/h5-10,12-13,15-16,21,23H,11,14H2,1-4H3. The van der Waals surface area contributed by atoms with Crippen LogP contribution in [0.25, 0.3) is 11.3 Å². The summed E-state index contributed by atoms with van der Waals surface area (Å²) in [6.07, 6.45) is 6.60. The highest BCUT2D eigenvalue weighted by Gasteiger charge is 2.50. The summed E-state index contributed by atoms with van der Waals surface area (Å²) >= 11 is 1.48. The van der Waals surface area contributed by atoms with Gasteiger partial charge in [-0.3, -0.25) is 10.1 Å². The van der Waals surface area contributed by atoms with Crippen molar-refractivity contribution < 1.29 is 4.92 Å². The van der Waals surface area contributed by atoms with E-state index in [0.717, 1.165) is 45.2 Å². The van der Waals surface area contributed by atoms with E-state index < -0.39 is 0 Å². The molecule has 3 aliphatic rings. The van der Waals surface area contributed by atoms with Crippen LogP contribution in [-0.2, 0) is 0 Å². The molecule has 1 fully saturated rings. The summed E-state index contributed by atoms with van der Waals surface area (Å²) in [5.41, 5.74) is 6.30. The number of hydrogen-bond acceptors (Lipinski definition) is 5. The van der Waals surface area contributed by atoms with E-state index in [4.69, 9.17) is 10.1 Å². The van der Waals surface area contributed by atoms with Crippen LogP contribution in [0, 0.1) is 41.2 Å². The molecule has 2 unspecified atom stereocenters. The molecule has 6 nitrogen and oxygen atoms in total. The lowest BCUT2D eigenvalue weighted by atomic mass is 9.49. The first kappa shape index (κ1) is 22.5. The first-order chi connectivity index (χ1) is 16.2. The van der Waals surface area contributed by atoms with Gasteiger partial charge in [0.25, 0.3) is 5.69 Å². The third kappa shape index (κ3) is 3.94. The zero-order valence-corrected chi connectivity index (χ0v) is 20.7. The van der Waals surface area contributed by atoms with Gasteiger partial charge >= 0.3 is 0 Å². The van der Waals surface area contributed by atoms with E-state index in [2.05, 4.69) is 45.0 Å². The van der Waals surface area contributed by atoms with Crippen LogP contribution in [0.5, 0.6) is 0 Å². The molecular weight excluding hydrogens is 444 g/mol. The fourth-order valence-corrected chi connectivity index (χ4v) is 5.93. The van der Waals surface area contributed by atoms with E-state index in [1.165, 1.54) is 29.4 Å². The maximum Gasteiger partial charge on any atom is 0.270 e.